The maximum absolute atomic E-state index is 12.5. The number of hydrogen-bond acceptors (Lipinski definition) is 5. The van der Waals surface area contributed by atoms with Crippen LogP contribution in [0.15, 0.2) is 55.1 Å². The van der Waals surface area contributed by atoms with Gasteiger partial charge in [0.2, 0.25) is 11.8 Å². The van der Waals surface area contributed by atoms with Crippen LogP contribution in [0.5, 0.6) is 11.6 Å². The summed E-state index contributed by atoms with van der Waals surface area (Å²) in [6, 6.07) is 8.86. The Balaban J connectivity index is 1.68. The van der Waals surface area contributed by atoms with Crippen molar-refractivity contribution in [2.45, 2.75) is 32.9 Å². The van der Waals surface area contributed by atoms with Gasteiger partial charge in [-0.1, -0.05) is 13.0 Å². The van der Waals surface area contributed by atoms with Gasteiger partial charge in [-0.15, -0.1) is 0 Å². The first-order valence-electron chi connectivity index (χ1n) is 8.48. The minimum Gasteiger partial charge on any atom is -0.437 e. The van der Waals surface area contributed by atoms with E-state index in [1.165, 1.54) is 0 Å². The number of ether oxygens (including phenoxy) is 1. The molecule has 0 aliphatic rings. The molecule has 0 radical (unpaired) electrons. The van der Waals surface area contributed by atoms with Gasteiger partial charge in [0, 0.05) is 36.4 Å². The largest absolute Gasteiger partial charge is 0.437 e. The third kappa shape index (κ3) is 4.24. The van der Waals surface area contributed by atoms with Gasteiger partial charge in [0.15, 0.2) is 0 Å². The SMILES string of the molecule is CCC(C(=O)NCc1cccnc1Oc1ccc(C)nc1)n1cccn1. The van der Waals surface area contributed by atoms with Crippen molar-refractivity contribution in [1.29, 1.82) is 0 Å². The summed E-state index contributed by atoms with van der Waals surface area (Å²) in [6.45, 7) is 4.18. The van der Waals surface area contributed by atoms with E-state index in [1.54, 1.807) is 35.5 Å². The number of carbonyl (C=O) groups is 1. The predicted octanol–water partition coefficient (Wildman–Crippen LogP) is 3.04. The van der Waals surface area contributed by atoms with Crippen LogP contribution in [0.1, 0.15) is 30.6 Å². The molecule has 0 aliphatic heterocycles. The second kappa shape index (κ2) is 8.24. The van der Waals surface area contributed by atoms with Crippen LogP contribution in [-0.4, -0.2) is 25.7 Å². The van der Waals surface area contributed by atoms with Gasteiger partial charge in [-0.05, 0) is 37.6 Å². The predicted molar refractivity (Wildman–Crippen MR) is 96.7 cm³/mol. The van der Waals surface area contributed by atoms with E-state index in [-0.39, 0.29) is 11.9 Å². The molecule has 3 rings (SSSR count). The average molecular weight is 351 g/mol. The van der Waals surface area contributed by atoms with Crippen molar-refractivity contribution in [3.63, 3.8) is 0 Å². The smallest absolute Gasteiger partial charge is 0.245 e. The lowest BCUT2D eigenvalue weighted by atomic mass is 10.2. The quantitative estimate of drug-likeness (QED) is 0.707. The summed E-state index contributed by atoms with van der Waals surface area (Å²) in [5, 5.41) is 7.09. The van der Waals surface area contributed by atoms with Crippen LogP contribution < -0.4 is 10.1 Å². The molecule has 0 saturated carbocycles. The Kier molecular flexibility index (Phi) is 5.58. The Morgan fingerprint density at radius 3 is 2.81 bits per heavy atom. The van der Waals surface area contributed by atoms with Gasteiger partial charge in [0.25, 0.3) is 0 Å². The van der Waals surface area contributed by atoms with Crippen molar-refractivity contribution < 1.29 is 9.53 Å². The van der Waals surface area contributed by atoms with E-state index in [0.717, 1.165) is 11.3 Å². The normalized spacial score (nSPS) is 11.8. The van der Waals surface area contributed by atoms with Crippen molar-refractivity contribution in [2.75, 3.05) is 0 Å². The molecule has 1 unspecified atom stereocenters. The van der Waals surface area contributed by atoms with Crippen LogP contribution in [0, 0.1) is 6.92 Å². The molecule has 1 amide bonds. The van der Waals surface area contributed by atoms with Crippen molar-refractivity contribution in [1.82, 2.24) is 25.1 Å². The molecule has 0 saturated heterocycles. The van der Waals surface area contributed by atoms with Gasteiger partial charge >= 0.3 is 0 Å². The summed E-state index contributed by atoms with van der Waals surface area (Å²) in [5.41, 5.74) is 1.70. The maximum Gasteiger partial charge on any atom is 0.245 e. The first kappa shape index (κ1) is 17.6. The second-order valence-corrected chi connectivity index (χ2v) is 5.83. The molecular formula is C19H21N5O2. The van der Waals surface area contributed by atoms with Gasteiger partial charge < -0.3 is 10.1 Å². The van der Waals surface area contributed by atoms with Crippen LogP contribution in [0.25, 0.3) is 0 Å². The minimum atomic E-state index is -0.340. The summed E-state index contributed by atoms with van der Waals surface area (Å²) >= 11 is 0. The number of hydrogen-bond donors (Lipinski definition) is 1. The lowest BCUT2D eigenvalue weighted by Crippen LogP contribution is -2.32. The molecule has 1 N–H and O–H groups in total. The van der Waals surface area contributed by atoms with E-state index < -0.39 is 0 Å². The number of aryl methyl sites for hydroxylation is 1. The number of aromatic nitrogens is 4. The van der Waals surface area contributed by atoms with Crippen LogP contribution in [0.3, 0.4) is 0 Å². The number of nitrogens with one attached hydrogen (secondary N) is 1. The fraction of sp³-hybridized carbons (Fsp3) is 0.263. The average Bonchev–Trinajstić information content (AvgIpc) is 3.18. The summed E-state index contributed by atoms with van der Waals surface area (Å²) in [4.78, 5) is 21.0. The van der Waals surface area contributed by atoms with E-state index in [4.69, 9.17) is 4.74 Å². The molecule has 0 spiro atoms. The van der Waals surface area contributed by atoms with Crippen LogP contribution in [-0.2, 0) is 11.3 Å². The molecule has 7 nitrogen and oxygen atoms in total. The molecule has 3 heterocycles. The highest BCUT2D eigenvalue weighted by Crippen LogP contribution is 2.22. The van der Waals surface area contributed by atoms with Gasteiger partial charge in [-0.2, -0.15) is 5.10 Å². The van der Waals surface area contributed by atoms with E-state index in [2.05, 4.69) is 20.4 Å². The van der Waals surface area contributed by atoms with E-state index in [0.29, 0.717) is 24.6 Å². The lowest BCUT2D eigenvalue weighted by molar-refractivity contribution is -0.124. The minimum absolute atomic E-state index is 0.0944. The Morgan fingerprint density at radius 2 is 2.12 bits per heavy atom. The first-order valence-corrected chi connectivity index (χ1v) is 8.48. The van der Waals surface area contributed by atoms with Crippen molar-refractivity contribution in [3.8, 4) is 11.6 Å². The summed E-state index contributed by atoms with van der Waals surface area (Å²) in [6.07, 6.45) is 7.41. The highest BCUT2D eigenvalue weighted by Gasteiger charge is 2.19. The second-order valence-electron chi connectivity index (χ2n) is 5.83. The van der Waals surface area contributed by atoms with Crippen molar-refractivity contribution in [3.05, 3.63) is 66.4 Å². The first-order chi connectivity index (χ1) is 12.7. The molecule has 3 aromatic heterocycles. The monoisotopic (exact) mass is 351 g/mol. The Morgan fingerprint density at radius 1 is 1.23 bits per heavy atom. The molecule has 0 bridgehead atoms. The van der Waals surface area contributed by atoms with Gasteiger partial charge in [0.1, 0.15) is 11.8 Å². The molecule has 0 fully saturated rings. The lowest BCUT2D eigenvalue weighted by Gasteiger charge is -2.16. The number of rotatable bonds is 7. The number of amides is 1. The molecule has 1 atom stereocenters. The van der Waals surface area contributed by atoms with Gasteiger partial charge in [-0.3, -0.25) is 14.5 Å². The third-order valence-electron chi connectivity index (χ3n) is 3.94. The van der Waals surface area contributed by atoms with Crippen molar-refractivity contribution in [2.24, 2.45) is 0 Å². The molecule has 134 valence electrons. The maximum atomic E-state index is 12.5. The summed E-state index contributed by atoms with van der Waals surface area (Å²) in [7, 11) is 0. The zero-order chi connectivity index (χ0) is 18.4. The number of nitrogens with zero attached hydrogens (tertiary/aromatic N) is 4. The topological polar surface area (TPSA) is 81.9 Å². The Labute approximate surface area is 152 Å². The zero-order valence-electron chi connectivity index (χ0n) is 14.8. The molecular weight excluding hydrogens is 330 g/mol. The highest BCUT2D eigenvalue weighted by molar-refractivity contribution is 5.80. The number of carbonyl (C=O) groups excluding carboxylic acids is 1. The summed E-state index contributed by atoms with van der Waals surface area (Å²) in [5.74, 6) is 0.957. The number of pyridine rings is 2. The fourth-order valence-electron chi connectivity index (χ4n) is 2.53. The highest BCUT2D eigenvalue weighted by atomic mass is 16.5. The zero-order valence-corrected chi connectivity index (χ0v) is 14.8. The Bertz CT molecular complexity index is 847. The van der Waals surface area contributed by atoms with Crippen molar-refractivity contribution >= 4 is 5.91 Å². The molecule has 3 aromatic rings. The Hall–Kier alpha value is -3.22. The fourth-order valence-corrected chi connectivity index (χ4v) is 2.53. The van der Waals surface area contributed by atoms with Gasteiger partial charge in [0.05, 0.1) is 6.20 Å². The third-order valence-corrected chi connectivity index (χ3v) is 3.94. The molecule has 26 heavy (non-hydrogen) atoms. The summed E-state index contributed by atoms with van der Waals surface area (Å²) < 4.78 is 7.47. The molecule has 0 aliphatic carbocycles. The van der Waals surface area contributed by atoms with Gasteiger partial charge in [-0.25, -0.2) is 4.98 Å². The van der Waals surface area contributed by atoms with Crippen LogP contribution in [0.2, 0.25) is 0 Å². The van der Waals surface area contributed by atoms with E-state index in [1.807, 2.05) is 38.1 Å². The molecule has 7 heteroatoms. The standard InChI is InChI=1S/C19H21N5O2/c1-3-17(24-11-5-10-23-24)18(25)22-12-15-6-4-9-20-19(15)26-16-8-7-14(2)21-13-16/h4-11,13,17H,3,12H2,1-2H3,(H,22,25). The van der Waals surface area contributed by atoms with E-state index >= 15 is 0 Å². The molecule has 0 aromatic carbocycles. The van der Waals surface area contributed by atoms with Crippen LogP contribution >= 0.6 is 0 Å². The van der Waals surface area contributed by atoms with Crippen LogP contribution in [0.4, 0.5) is 0 Å². The van der Waals surface area contributed by atoms with E-state index in [9.17, 15) is 4.79 Å².